The molecule has 0 aliphatic carbocycles. The van der Waals surface area contributed by atoms with Gasteiger partial charge in [-0.3, -0.25) is 0 Å². The Morgan fingerprint density at radius 3 is 3.11 bits per heavy atom. The van der Waals surface area contributed by atoms with Gasteiger partial charge in [-0.25, -0.2) is 0 Å². The maximum absolute atomic E-state index is 5.25. The normalized spacial score (nSPS) is 28.3. The van der Waals surface area contributed by atoms with Gasteiger partial charge in [0, 0.05) is 19.6 Å². The van der Waals surface area contributed by atoms with Crippen molar-refractivity contribution in [2.75, 3.05) is 26.9 Å². The van der Waals surface area contributed by atoms with E-state index in [1.165, 1.54) is 12.8 Å². The summed E-state index contributed by atoms with van der Waals surface area (Å²) in [6.45, 7) is 2.70. The van der Waals surface area contributed by atoms with Crippen LogP contribution < -0.4 is 0 Å². The number of hydrogen-bond donors (Lipinski definition) is 0. The van der Waals surface area contributed by atoms with Gasteiger partial charge in [-0.1, -0.05) is 0 Å². The fraction of sp³-hybridized carbons (Fsp3) is 1.00. The lowest BCUT2D eigenvalue weighted by atomic mass is 10.0. The van der Waals surface area contributed by atoms with E-state index in [0.29, 0.717) is 5.92 Å². The zero-order valence-electron chi connectivity index (χ0n) is 5.93. The predicted molar refractivity (Wildman–Crippen MR) is 35.4 cm³/mol. The number of rotatable bonds is 2. The molecule has 1 heterocycles. The molecular formula is C7H14O2. The van der Waals surface area contributed by atoms with Gasteiger partial charge in [0.25, 0.3) is 0 Å². The van der Waals surface area contributed by atoms with Gasteiger partial charge in [-0.15, -0.1) is 0 Å². The van der Waals surface area contributed by atoms with Crippen LogP contribution in [-0.2, 0) is 9.47 Å². The average Bonchev–Trinajstić information content (AvgIpc) is 1.91. The molecule has 0 saturated carbocycles. The minimum Gasteiger partial charge on any atom is -0.384 e. The van der Waals surface area contributed by atoms with Crippen LogP contribution in [0.5, 0.6) is 0 Å². The molecule has 0 N–H and O–H groups in total. The van der Waals surface area contributed by atoms with Crippen LogP contribution in [0.3, 0.4) is 0 Å². The van der Waals surface area contributed by atoms with Crippen molar-refractivity contribution in [3.63, 3.8) is 0 Å². The van der Waals surface area contributed by atoms with Crippen molar-refractivity contribution in [2.45, 2.75) is 12.8 Å². The molecule has 1 atom stereocenters. The summed E-state index contributed by atoms with van der Waals surface area (Å²) < 4.78 is 10.3. The molecule has 0 spiro atoms. The standard InChI is InChI=1S/C7H14O2/c1-8-5-7-3-2-4-9-6-7/h7H,2-6H2,1H3/t7-/m0/s1. The van der Waals surface area contributed by atoms with E-state index in [1.54, 1.807) is 7.11 Å². The van der Waals surface area contributed by atoms with Crippen molar-refractivity contribution in [3.05, 3.63) is 0 Å². The van der Waals surface area contributed by atoms with Gasteiger partial charge in [-0.05, 0) is 12.8 Å². The third-order valence-corrected chi connectivity index (χ3v) is 1.66. The Morgan fingerprint density at radius 1 is 1.67 bits per heavy atom. The van der Waals surface area contributed by atoms with E-state index in [4.69, 9.17) is 9.47 Å². The maximum atomic E-state index is 5.25. The van der Waals surface area contributed by atoms with E-state index in [2.05, 4.69) is 0 Å². The summed E-state index contributed by atoms with van der Waals surface area (Å²) in [6.07, 6.45) is 2.47. The Bertz CT molecular complexity index is 64.6. The van der Waals surface area contributed by atoms with Crippen LogP contribution in [0.4, 0.5) is 0 Å². The summed E-state index contributed by atoms with van der Waals surface area (Å²) in [5, 5.41) is 0. The lowest BCUT2D eigenvalue weighted by molar-refractivity contribution is 0.0188. The quantitative estimate of drug-likeness (QED) is 0.556. The fourth-order valence-electron chi connectivity index (χ4n) is 1.17. The van der Waals surface area contributed by atoms with Crippen molar-refractivity contribution >= 4 is 0 Å². The molecule has 1 rings (SSSR count). The van der Waals surface area contributed by atoms with Crippen LogP contribution in [0.1, 0.15) is 12.8 Å². The second kappa shape index (κ2) is 3.85. The highest BCUT2D eigenvalue weighted by Gasteiger charge is 2.12. The molecule has 0 radical (unpaired) electrons. The summed E-state index contributed by atoms with van der Waals surface area (Å²) in [5.74, 6) is 0.656. The molecule has 0 aromatic rings. The van der Waals surface area contributed by atoms with Gasteiger partial charge >= 0.3 is 0 Å². The van der Waals surface area contributed by atoms with Crippen LogP contribution in [0, 0.1) is 5.92 Å². The highest BCUT2D eigenvalue weighted by molar-refractivity contribution is 4.61. The number of methoxy groups -OCH3 is 1. The predicted octanol–water partition coefficient (Wildman–Crippen LogP) is 1.06. The monoisotopic (exact) mass is 130 g/mol. The SMILES string of the molecule is COC[C@@H]1CCCOC1. The van der Waals surface area contributed by atoms with Gasteiger partial charge in [-0.2, -0.15) is 0 Å². The lowest BCUT2D eigenvalue weighted by Gasteiger charge is -2.20. The second-order valence-corrected chi connectivity index (χ2v) is 2.54. The molecule has 0 bridgehead atoms. The minimum absolute atomic E-state index is 0.656. The first-order valence-corrected chi connectivity index (χ1v) is 3.50. The van der Waals surface area contributed by atoms with Crippen molar-refractivity contribution in [2.24, 2.45) is 5.92 Å². The van der Waals surface area contributed by atoms with Crippen molar-refractivity contribution in [1.82, 2.24) is 0 Å². The molecular weight excluding hydrogens is 116 g/mol. The van der Waals surface area contributed by atoms with Crippen molar-refractivity contribution in [1.29, 1.82) is 0 Å². The van der Waals surface area contributed by atoms with E-state index in [1.807, 2.05) is 0 Å². The summed E-state index contributed by atoms with van der Waals surface area (Å²) in [4.78, 5) is 0. The van der Waals surface area contributed by atoms with Gasteiger partial charge in [0.15, 0.2) is 0 Å². The Morgan fingerprint density at radius 2 is 2.56 bits per heavy atom. The zero-order chi connectivity index (χ0) is 6.53. The zero-order valence-corrected chi connectivity index (χ0v) is 5.93. The first-order chi connectivity index (χ1) is 4.43. The maximum Gasteiger partial charge on any atom is 0.0516 e. The first kappa shape index (κ1) is 7.03. The van der Waals surface area contributed by atoms with Gasteiger partial charge < -0.3 is 9.47 Å². The third-order valence-electron chi connectivity index (χ3n) is 1.66. The second-order valence-electron chi connectivity index (χ2n) is 2.54. The van der Waals surface area contributed by atoms with Crippen LogP contribution in [-0.4, -0.2) is 26.9 Å². The molecule has 0 unspecified atom stereocenters. The van der Waals surface area contributed by atoms with Crippen LogP contribution in [0.2, 0.25) is 0 Å². The molecule has 2 nitrogen and oxygen atoms in total. The van der Waals surface area contributed by atoms with Crippen LogP contribution >= 0.6 is 0 Å². The van der Waals surface area contributed by atoms with Gasteiger partial charge in [0.1, 0.15) is 0 Å². The molecule has 1 saturated heterocycles. The molecule has 1 aliphatic heterocycles. The molecule has 0 aromatic heterocycles. The van der Waals surface area contributed by atoms with E-state index in [0.717, 1.165) is 19.8 Å². The summed E-state index contributed by atoms with van der Waals surface area (Å²) in [6, 6.07) is 0. The Hall–Kier alpha value is -0.0800. The largest absolute Gasteiger partial charge is 0.384 e. The molecule has 9 heavy (non-hydrogen) atoms. The van der Waals surface area contributed by atoms with Crippen molar-refractivity contribution in [3.8, 4) is 0 Å². The average molecular weight is 130 g/mol. The molecule has 54 valence electrons. The topological polar surface area (TPSA) is 18.5 Å². The molecule has 0 amide bonds. The van der Waals surface area contributed by atoms with E-state index < -0.39 is 0 Å². The third kappa shape index (κ3) is 2.33. The first-order valence-electron chi connectivity index (χ1n) is 3.50. The highest BCUT2D eigenvalue weighted by Crippen LogP contribution is 2.12. The summed E-state index contributed by atoms with van der Waals surface area (Å²) in [7, 11) is 1.74. The smallest absolute Gasteiger partial charge is 0.0516 e. The number of hydrogen-bond acceptors (Lipinski definition) is 2. The van der Waals surface area contributed by atoms with E-state index in [-0.39, 0.29) is 0 Å². The fourth-order valence-corrected chi connectivity index (χ4v) is 1.17. The summed E-state index contributed by atoms with van der Waals surface area (Å²) >= 11 is 0. The molecule has 2 heteroatoms. The summed E-state index contributed by atoms with van der Waals surface area (Å²) in [5.41, 5.74) is 0. The Balaban J connectivity index is 2.08. The Labute approximate surface area is 56.2 Å². The van der Waals surface area contributed by atoms with Crippen molar-refractivity contribution < 1.29 is 9.47 Å². The molecule has 1 aliphatic rings. The lowest BCUT2D eigenvalue weighted by Crippen LogP contribution is -2.20. The highest BCUT2D eigenvalue weighted by atomic mass is 16.5. The van der Waals surface area contributed by atoms with Gasteiger partial charge in [0.05, 0.1) is 13.2 Å². The van der Waals surface area contributed by atoms with Crippen LogP contribution in [0.15, 0.2) is 0 Å². The minimum atomic E-state index is 0.656. The molecule has 1 fully saturated rings. The van der Waals surface area contributed by atoms with Crippen LogP contribution in [0.25, 0.3) is 0 Å². The number of ether oxygens (including phenoxy) is 2. The molecule has 0 aromatic carbocycles. The Kier molecular flexibility index (Phi) is 3.01. The van der Waals surface area contributed by atoms with E-state index in [9.17, 15) is 0 Å². The van der Waals surface area contributed by atoms with E-state index >= 15 is 0 Å². The van der Waals surface area contributed by atoms with Gasteiger partial charge in [0.2, 0.25) is 0 Å².